The molecule has 0 saturated carbocycles. The Morgan fingerprint density at radius 3 is 3.00 bits per heavy atom. The van der Waals surface area contributed by atoms with Gasteiger partial charge >= 0.3 is 0 Å². The summed E-state index contributed by atoms with van der Waals surface area (Å²) in [6, 6.07) is 4.17. The van der Waals surface area contributed by atoms with Crippen molar-refractivity contribution in [2.24, 2.45) is 0 Å². The van der Waals surface area contributed by atoms with Crippen molar-refractivity contribution in [3.05, 3.63) is 40.7 Å². The number of nitrogens with zero attached hydrogens (tertiary/aromatic N) is 3. The molecule has 1 atom stereocenters. The van der Waals surface area contributed by atoms with Crippen molar-refractivity contribution >= 4 is 11.5 Å². The first kappa shape index (κ1) is 12.1. The maximum atomic E-state index is 4.21. The minimum Gasteiger partial charge on any atom is -0.309 e. The van der Waals surface area contributed by atoms with E-state index < -0.39 is 0 Å². The molecule has 0 aromatic carbocycles. The normalized spacial score (nSPS) is 12.6. The van der Waals surface area contributed by atoms with Gasteiger partial charge in [-0.1, -0.05) is 23.9 Å². The quantitative estimate of drug-likeness (QED) is 0.881. The Bertz CT molecular complexity index is 455. The Morgan fingerprint density at radius 1 is 1.47 bits per heavy atom. The standard InChI is InChI=1S/C12H16N4S/c1-3-5-10-12(17-16-15-10)11(13-2)9-6-4-7-14-8-9/h4,6-8,11,13H,3,5H2,1-2H3. The van der Waals surface area contributed by atoms with Gasteiger partial charge in [0.25, 0.3) is 0 Å². The summed E-state index contributed by atoms with van der Waals surface area (Å²) in [5, 5.41) is 7.52. The molecule has 0 aliphatic rings. The van der Waals surface area contributed by atoms with Gasteiger partial charge in [0.2, 0.25) is 0 Å². The third kappa shape index (κ3) is 2.68. The van der Waals surface area contributed by atoms with Gasteiger partial charge in [-0.2, -0.15) is 0 Å². The summed E-state index contributed by atoms with van der Waals surface area (Å²) < 4.78 is 4.07. The van der Waals surface area contributed by atoms with Gasteiger partial charge in [-0.3, -0.25) is 4.98 Å². The van der Waals surface area contributed by atoms with Gasteiger partial charge in [0.15, 0.2) is 0 Å². The average molecular weight is 248 g/mol. The maximum Gasteiger partial charge on any atom is 0.0807 e. The third-order valence-corrected chi connectivity index (χ3v) is 3.47. The zero-order valence-corrected chi connectivity index (χ0v) is 10.9. The highest BCUT2D eigenvalue weighted by Crippen LogP contribution is 2.26. The van der Waals surface area contributed by atoms with Gasteiger partial charge < -0.3 is 5.32 Å². The first-order valence-corrected chi connectivity index (χ1v) is 6.52. The zero-order chi connectivity index (χ0) is 12.1. The summed E-state index contributed by atoms with van der Waals surface area (Å²) in [5.41, 5.74) is 2.25. The maximum absolute atomic E-state index is 4.21. The van der Waals surface area contributed by atoms with Crippen LogP contribution in [0.2, 0.25) is 0 Å². The predicted molar refractivity (Wildman–Crippen MR) is 69.0 cm³/mol. The van der Waals surface area contributed by atoms with Crippen LogP contribution in [0.5, 0.6) is 0 Å². The topological polar surface area (TPSA) is 50.7 Å². The molecular weight excluding hydrogens is 232 g/mol. The van der Waals surface area contributed by atoms with Crippen LogP contribution in [0, 0.1) is 0 Å². The SMILES string of the molecule is CCCc1nnsc1C(NC)c1cccnc1. The van der Waals surface area contributed by atoms with Crippen LogP contribution in [0.15, 0.2) is 24.5 Å². The van der Waals surface area contributed by atoms with E-state index in [1.165, 1.54) is 16.4 Å². The van der Waals surface area contributed by atoms with E-state index in [1.54, 1.807) is 6.20 Å². The summed E-state index contributed by atoms with van der Waals surface area (Å²) in [6.07, 6.45) is 5.73. The fourth-order valence-corrected chi connectivity index (χ4v) is 2.68. The van der Waals surface area contributed by atoms with Crippen molar-refractivity contribution in [2.75, 3.05) is 7.05 Å². The molecule has 17 heavy (non-hydrogen) atoms. The molecule has 1 unspecified atom stereocenters. The number of nitrogens with one attached hydrogen (secondary N) is 1. The van der Waals surface area contributed by atoms with E-state index in [0.717, 1.165) is 24.1 Å². The molecule has 2 aromatic heterocycles. The second kappa shape index (κ2) is 5.84. The summed E-state index contributed by atoms with van der Waals surface area (Å²) in [7, 11) is 1.95. The van der Waals surface area contributed by atoms with Crippen LogP contribution in [-0.2, 0) is 6.42 Å². The number of rotatable bonds is 5. The molecule has 1 N–H and O–H groups in total. The Hall–Kier alpha value is -1.33. The van der Waals surface area contributed by atoms with Crippen LogP contribution >= 0.6 is 11.5 Å². The summed E-state index contributed by atoms with van der Waals surface area (Å²) in [6.45, 7) is 2.15. The summed E-state index contributed by atoms with van der Waals surface area (Å²) in [4.78, 5) is 5.36. The van der Waals surface area contributed by atoms with Crippen LogP contribution < -0.4 is 5.32 Å². The smallest absolute Gasteiger partial charge is 0.0807 e. The third-order valence-electron chi connectivity index (χ3n) is 2.64. The lowest BCUT2D eigenvalue weighted by Gasteiger charge is -2.15. The Balaban J connectivity index is 2.32. The number of aromatic nitrogens is 3. The molecule has 0 aliphatic heterocycles. The molecule has 2 aromatic rings. The number of pyridine rings is 1. The molecular formula is C12H16N4S. The monoisotopic (exact) mass is 248 g/mol. The van der Waals surface area contributed by atoms with Gasteiger partial charge in [0.1, 0.15) is 0 Å². The Labute approximate surface area is 105 Å². The van der Waals surface area contributed by atoms with E-state index in [-0.39, 0.29) is 6.04 Å². The second-order valence-electron chi connectivity index (χ2n) is 3.84. The molecule has 2 heterocycles. The molecule has 0 saturated heterocycles. The van der Waals surface area contributed by atoms with Crippen molar-refractivity contribution in [1.82, 2.24) is 19.9 Å². The highest BCUT2D eigenvalue weighted by atomic mass is 32.1. The number of hydrogen-bond acceptors (Lipinski definition) is 5. The lowest BCUT2D eigenvalue weighted by Crippen LogP contribution is -2.18. The molecule has 0 radical (unpaired) electrons. The van der Waals surface area contributed by atoms with Gasteiger partial charge in [0.05, 0.1) is 16.6 Å². The van der Waals surface area contributed by atoms with E-state index in [0.29, 0.717) is 0 Å². The fraction of sp³-hybridized carbons (Fsp3) is 0.417. The van der Waals surface area contributed by atoms with E-state index >= 15 is 0 Å². The molecule has 4 nitrogen and oxygen atoms in total. The highest BCUT2D eigenvalue weighted by Gasteiger charge is 2.19. The van der Waals surface area contributed by atoms with Crippen LogP contribution in [0.25, 0.3) is 0 Å². The zero-order valence-electron chi connectivity index (χ0n) is 10.1. The summed E-state index contributed by atoms with van der Waals surface area (Å²) >= 11 is 1.47. The van der Waals surface area contributed by atoms with E-state index in [2.05, 4.69) is 32.9 Å². The largest absolute Gasteiger partial charge is 0.309 e. The van der Waals surface area contributed by atoms with Crippen molar-refractivity contribution in [2.45, 2.75) is 25.8 Å². The van der Waals surface area contributed by atoms with Gasteiger partial charge in [-0.05, 0) is 36.6 Å². The van der Waals surface area contributed by atoms with Crippen molar-refractivity contribution in [3.63, 3.8) is 0 Å². The van der Waals surface area contributed by atoms with Crippen LogP contribution in [0.1, 0.15) is 35.5 Å². The van der Waals surface area contributed by atoms with E-state index in [9.17, 15) is 0 Å². The molecule has 0 fully saturated rings. The summed E-state index contributed by atoms with van der Waals surface area (Å²) in [5.74, 6) is 0. The fourth-order valence-electron chi connectivity index (χ4n) is 1.84. The molecule has 0 spiro atoms. The molecule has 0 bridgehead atoms. The van der Waals surface area contributed by atoms with Crippen molar-refractivity contribution in [1.29, 1.82) is 0 Å². The van der Waals surface area contributed by atoms with Gasteiger partial charge in [-0.25, -0.2) is 0 Å². The van der Waals surface area contributed by atoms with Crippen LogP contribution in [-0.4, -0.2) is 21.6 Å². The first-order chi connectivity index (χ1) is 8.36. The van der Waals surface area contributed by atoms with E-state index in [4.69, 9.17) is 0 Å². The van der Waals surface area contributed by atoms with Gasteiger partial charge in [0, 0.05) is 12.4 Å². The lowest BCUT2D eigenvalue weighted by molar-refractivity contribution is 0.685. The van der Waals surface area contributed by atoms with Crippen LogP contribution in [0.4, 0.5) is 0 Å². The second-order valence-corrected chi connectivity index (χ2v) is 4.63. The lowest BCUT2D eigenvalue weighted by atomic mass is 10.1. The van der Waals surface area contributed by atoms with Crippen molar-refractivity contribution in [3.8, 4) is 0 Å². The van der Waals surface area contributed by atoms with Gasteiger partial charge in [-0.15, -0.1) is 5.10 Å². The first-order valence-electron chi connectivity index (χ1n) is 5.75. The molecule has 5 heteroatoms. The molecule has 0 aliphatic carbocycles. The Morgan fingerprint density at radius 2 is 2.35 bits per heavy atom. The molecule has 90 valence electrons. The number of aryl methyl sites for hydroxylation is 1. The number of hydrogen-bond donors (Lipinski definition) is 1. The van der Waals surface area contributed by atoms with E-state index in [1.807, 2.05) is 19.3 Å². The highest BCUT2D eigenvalue weighted by molar-refractivity contribution is 7.05. The van der Waals surface area contributed by atoms with Crippen molar-refractivity contribution < 1.29 is 0 Å². The predicted octanol–water partition coefficient (Wildman–Crippen LogP) is 2.19. The minimum atomic E-state index is 0.144. The molecule has 2 rings (SSSR count). The average Bonchev–Trinajstić information content (AvgIpc) is 2.81. The molecule has 0 amide bonds. The Kier molecular flexibility index (Phi) is 4.17. The van der Waals surface area contributed by atoms with Crippen LogP contribution in [0.3, 0.4) is 0 Å². The minimum absolute atomic E-state index is 0.144.